The zero-order valence-corrected chi connectivity index (χ0v) is 27.8. The Labute approximate surface area is 281 Å². The van der Waals surface area contributed by atoms with Crippen molar-refractivity contribution >= 4 is 23.4 Å². The van der Waals surface area contributed by atoms with E-state index in [2.05, 4.69) is 16.0 Å². The van der Waals surface area contributed by atoms with Gasteiger partial charge in [-0.2, -0.15) is 0 Å². The fourth-order valence-electron chi connectivity index (χ4n) is 8.83. The summed E-state index contributed by atoms with van der Waals surface area (Å²) in [5, 5.41) is 21.4. The van der Waals surface area contributed by atoms with Gasteiger partial charge in [0.05, 0.1) is 22.7 Å². The number of aliphatic hydroxyl groups is 1. The van der Waals surface area contributed by atoms with Crippen LogP contribution in [0.25, 0.3) is 0 Å². The average molecular weight is 672 g/mol. The first kappa shape index (κ1) is 34.1. The maximum Gasteiger partial charge on any atom is 0.258 e. The van der Waals surface area contributed by atoms with E-state index in [1.807, 2.05) is 12.1 Å². The molecule has 256 valence electrons. The molecule has 4 N–H and O–H groups in total. The molecule has 7 nitrogen and oxygen atoms in total. The summed E-state index contributed by atoms with van der Waals surface area (Å²) in [4.78, 5) is 27.1. The molecular formula is C37H48ClF2N3O4. The summed E-state index contributed by atoms with van der Waals surface area (Å²) in [7, 11) is 0. The van der Waals surface area contributed by atoms with Crippen LogP contribution in [0.3, 0.4) is 0 Å². The first-order valence-electron chi connectivity index (χ1n) is 17.5. The van der Waals surface area contributed by atoms with Crippen molar-refractivity contribution in [2.45, 2.75) is 119 Å². The number of fused-ring (bicyclic) bond motifs is 3. The van der Waals surface area contributed by atoms with E-state index < -0.39 is 28.9 Å². The second-order valence-electron chi connectivity index (χ2n) is 14.6. The number of hydrogen-bond donors (Lipinski definition) is 4. The van der Waals surface area contributed by atoms with E-state index in [0.29, 0.717) is 44.6 Å². The monoisotopic (exact) mass is 671 g/mol. The molecule has 0 aromatic heterocycles. The highest BCUT2D eigenvalue weighted by molar-refractivity contribution is 6.30. The topological polar surface area (TPSA) is 99.7 Å². The molecule has 4 unspecified atom stereocenters. The average Bonchev–Trinajstić information content (AvgIpc) is 3.20. The number of halogens is 3. The number of carbonyl (C=O) groups is 2. The molecule has 1 heterocycles. The lowest BCUT2D eigenvalue weighted by atomic mass is 9.59. The summed E-state index contributed by atoms with van der Waals surface area (Å²) < 4.78 is 33.0. The number of piperidine rings is 1. The molecule has 2 bridgehead atoms. The molecule has 4 aliphatic carbocycles. The van der Waals surface area contributed by atoms with Crippen molar-refractivity contribution in [3.63, 3.8) is 0 Å². The van der Waals surface area contributed by atoms with Crippen molar-refractivity contribution in [3.8, 4) is 5.75 Å². The molecule has 1 aliphatic heterocycles. The zero-order valence-electron chi connectivity index (χ0n) is 27.0. The SMILES string of the molecule is O=C(COc1ccc(Cl)c(F)c1)NC12CCC(NC(=O)C3NCC(c4ccc(F)cc4)CC3C3CCCCCCCC3)(CC1)CC2O. The number of rotatable bonds is 8. The number of carbonyl (C=O) groups excluding carboxylic acids is 2. The van der Waals surface area contributed by atoms with E-state index in [9.17, 15) is 23.5 Å². The number of hydrogen-bond acceptors (Lipinski definition) is 5. The van der Waals surface area contributed by atoms with Gasteiger partial charge in [0.1, 0.15) is 17.4 Å². The molecule has 1 saturated heterocycles. The van der Waals surface area contributed by atoms with Crippen LogP contribution in [0.5, 0.6) is 5.75 Å². The van der Waals surface area contributed by atoms with Gasteiger partial charge < -0.3 is 25.8 Å². The van der Waals surface area contributed by atoms with Crippen LogP contribution >= 0.6 is 11.6 Å². The van der Waals surface area contributed by atoms with Crippen molar-refractivity contribution in [1.82, 2.24) is 16.0 Å². The summed E-state index contributed by atoms with van der Waals surface area (Å²) in [6.07, 6.45) is 12.4. The van der Waals surface area contributed by atoms with Crippen LogP contribution in [-0.4, -0.2) is 53.3 Å². The largest absolute Gasteiger partial charge is 0.484 e. The van der Waals surface area contributed by atoms with Gasteiger partial charge >= 0.3 is 0 Å². The normalized spacial score (nSPS) is 31.7. The number of amides is 2. The number of nitrogens with one attached hydrogen (secondary N) is 3. The molecule has 4 atom stereocenters. The second kappa shape index (κ2) is 14.8. The predicted molar refractivity (Wildman–Crippen MR) is 177 cm³/mol. The van der Waals surface area contributed by atoms with Gasteiger partial charge in [-0.05, 0) is 86.1 Å². The van der Waals surface area contributed by atoms with Crippen molar-refractivity contribution in [3.05, 3.63) is 64.7 Å². The Balaban J connectivity index is 1.10. The van der Waals surface area contributed by atoms with E-state index in [4.69, 9.17) is 16.3 Å². The van der Waals surface area contributed by atoms with Crippen LogP contribution in [0.2, 0.25) is 5.02 Å². The highest BCUT2D eigenvalue weighted by Gasteiger charge is 2.56. The van der Waals surface area contributed by atoms with Crippen LogP contribution in [0.15, 0.2) is 42.5 Å². The Kier molecular flexibility index (Phi) is 10.7. The third kappa shape index (κ3) is 7.94. The molecule has 0 spiro atoms. The molecule has 0 radical (unpaired) electrons. The van der Waals surface area contributed by atoms with Crippen LogP contribution in [0.4, 0.5) is 8.78 Å². The third-order valence-electron chi connectivity index (χ3n) is 11.6. The summed E-state index contributed by atoms with van der Waals surface area (Å²) in [5.41, 5.74) is -0.210. The first-order chi connectivity index (χ1) is 22.7. The minimum absolute atomic E-state index is 0.00154. The van der Waals surface area contributed by atoms with Gasteiger partial charge in [-0.15, -0.1) is 0 Å². The van der Waals surface area contributed by atoms with Gasteiger partial charge in [-0.25, -0.2) is 8.78 Å². The van der Waals surface area contributed by atoms with Crippen LogP contribution in [0, 0.1) is 23.5 Å². The highest BCUT2D eigenvalue weighted by Crippen LogP contribution is 2.47. The van der Waals surface area contributed by atoms with E-state index in [1.54, 1.807) is 0 Å². The lowest BCUT2D eigenvalue weighted by Gasteiger charge is -2.56. The number of ether oxygens (including phenoxy) is 1. The zero-order chi connectivity index (χ0) is 33.0. The minimum Gasteiger partial charge on any atom is -0.484 e. The Hall–Kier alpha value is -2.75. The van der Waals surface area contributed by atoms with Crippen molar-refractivity contribution < 1.29 is 28.2 Å². The minimum atomic E-state index is -0.824. The fourth-order valence-corrected chi connectivity index (χ4v) is 8.95. The van der Waals surface area contributed by atoms with E-state index in [-0.39, 0.29) is 47.0 Å². The molecule has 10 heteroatoms. The molecule has 7 rings (SSSR count). The Morgan fingerprint density at radius 2 is 1.62 bits per heavy atom. The van der Waals surface area contributed by atoms with Gasteiger partial charge in [0.2, 0.25) is 5.91 Å². The van der Waals surface area contributed by atoms with Gasteiger partial charge in [-0.1, -0.05) is 75.1 Å². The van der Waals surface area contributed by atoms with Crippen LogP contribution in [-0.2, 0) is 9.59 Å². The highest BCUT2D eigenvalue weighted by atomic mass is 35.5. The maximum absolute atomic E-state index is 14.2. The third-order valence-corrected chi connectivity index (χ3v) is 11.9. The van der Waals surface area contributed by atoms with Crippen molar-refractivity contribution in [2.24, 2.45) is 11.8 Å². The van der Waals surface area contributed by atoms with E-state index >= 15 is 0 Å². The summed E-state index contributed by atoms with van der Waals surface area (Å²) in [5.74, 6) is -0.238. The van der Waals surface area contributed by atoms with Crippen LogP contribution in [0.1, 0.15) is 101 Å². The Morgan fingerprint density at radius 3 is 2.28 bits per heavy atom. The van der Waals surface area contributed by atoms with Crippen molar-refractivity contribution in [1.29, 1.82) is 0 Å². The lowest BCUT2D eigenvalue weighted by molar-refractivity contribution is -0.138. The summed E-state index contributed by atoms with van der Waals surface area (Å²) in [6, 6.07) is 10.5. The first-order valence-corrected chi connectivity index (χ1v) is 17.9. The molecule has 2 amide bonds. The Morgan fingerprint density at radius 1 is 0.936 bits per heavy atom. The fraction of sp³-hybridized carbons (Fsp3) is 0.622. The van der Waals surface area contributed by atoms with E-state index in [1.165, 1.54) is 62.8 Å². The molecule has 2 aromatic carbocycles. The predicted octanol–water partition coefficient (Wildman–Crippen LogP) is 6.56. The van der Waals surface area contributed by atoms with Gasteiger partial charge in [0, 0.05) is 18.2 Å². The van der Waals surface area contributed by atoms with Crippen molar-refractivity contribution in [2.75, 3.05) is 13.2 Å². The second-order valence-corrected chi connectivity index (χ2v) is 15.0. The lowest BCUT2D eigenvalue weighted by Crippen LogP contribution is -2.71. The smallest absolute Gasteiger partial charge is 0.258 e. The molecule has 5 fully saturated rings. The molecule has 5 aliphatic rings. The number of aliphatic hydroxyl groups excluding tert-OH is 1. The summed E-state index contributed by atoms with van der Waals surface area (Å²) >= 11 is 5.73. The molecule has 47 heavy (non-hydrogen) atoms. The molecule has 2 aromatic rings. The quantitative estimate of drug-likeness (QED) is 0.255. The molecule has 4 saturated carbocycles. The Bertz CT molecular complexity index is 1390. The van der Waals surface area contributed by atoms with Gasteiger partial charge in [0.15, 0.2) is 6.61 Å². The van der Waals surface area contributed by atoms with E-state index in [0.717, 1.165) is 30.9 Å². The number of benzene rings is 2. The maximum atomic E-state index is 14.2. The summed E-state index contributed by atoms with van der Waals surface area (Å²) in [6.45, 7) is 0.342. The standard InChI is InChI=1S/C37H48ClF2N3O4/c38-30-14-13-28(20-31(30)40)47-23-33(45)42-37-17-15-36(16-18-37,21-32(37)44)43-35(46)34-29(25-7-5-3-1-2-4-6-8-25)19-26(22-41-34)24-9-11-27(39)12-10-24/h9-14,20,25-26,29,32,34,41,44H,1-8,15-19,21-23H2,(H,42,45)(H,43,46). The molecular weight excluding hydrogens is 624 g/mol. The van der Waals surface area contributed by atoms with Gasteiger partial charge in [-0.3, -0.25) is 9.59 Å². The van der Waals surface area contributed by atoms with Gasteiger partial charge in [0.25, 0.3) is 5.91 Å². The van der Waals surface area contributed by atoms with Crippen LogP contribution < -0.4 is 20.7 Å².